The van der Waals surface area contributed by atoms with Crippen molar-refractivity contribution in [1.29, 1.82) is 0 Å². The molecule has 0 radical (unpaired) electrons. The van der Waals surface area contributed by atoms with E-state index in [1.54, 1.807) is 12.1 Å². The van der Waals surface area contributed by atoms with Crippen LogP contribution in [0.1, 0.15) is 9.67 Å². The number of rotatable bonds is 3. The van der Waals surface area contributed by atoms with Crippen LogP contribution in [0.15, 0.2) is 12.1 Å². The van der Waals surface area contributed by atoms with Crippen molar-refractivity contribution in [1.82, 2.24) is 10.6 Å². The third kappa shape index (κ3) is 2.65. The largest absolute Gasteiger partial charge is 0.442 e. The number of nitrogens with one attached hydrogen (secondary N) is 2. The van der Waals surface area contributed by atoms with Gasteiger partial charge in [-0.15, -0.1) is 11.3 Å². The van der Waals surface area contributed by atoms with Crippen LogP contribution >= 0.6 is 22.9 Å². The molecule has 0 aliphatic carbocycles. The molecule has 86 valence electrons. The molecule has 1 aromatic rings. The van der Waals surface area contributed by atoms with Crippen molar-refractivity contribution in [2.24, 2.45) is 0 Å². The zero-order valence-corrected chi connectivity index (χ0v) is 9.73. The van der Waals surface area contributed by atoms with E-state index in [2.05, 4.69) is 10.6 Å². The Morgan fingerprint density at radius 2 is 2.50 bits per heavy atom. The number of halogens is 1. The van der Waals surface area contributed by atoms with Crippen LogP contribution in [-0.4, -0.2) is 31.2 Å². The number of carbonyl (C=O) groups is 2. The minimum Gasteiger partial charge on any atom is -0.442 e. The number of alkyl carbamates (subject to hydrolysis) is 1. The average Bonchev–Trinajstić information content (AvgIpc) is 2.84. The SMILES string of the molecule is O=C1NC[C@H](CNC(=O)c2ccc(Cl)s2)O1. The average molecular weight is 261 g/mol. The highest BCUT2D eigenvalue weighted by atomic mass is 35.5. The molecule has 2 heterocycles. The number of amides is 2. The van der Waals surface area contributed by atoms with Crippen molar-refractivity contribution in [3.63, 3.8) is 0 Å². The molecule has 2 N–H and O–H groups in total. The second-order valence-electron chi connectivity index (χ2n) is 3.22. The summed E-state index contributed by atoms with van der Waals surface area (Å²) in [6.07, 6.45) is -0.745. The van der Waals surface area contributed by atoms with Crippen LogP contribution in [0.25, 0.3) is 0 Å². The van der Waals surface area contributed by atoms with Crippen LogP contribution in [0.4, 0.5) is 4.79 Å². The molecule has 1 aliphatic heterocycles. The topological polar surface area (TPSA) is 67.4 Å². The first-order valence-electron chi connectivity index (χ1n) is 4.63. The van der Waals surface area contributed by atoms with E-state index < -0.39 is 6.09 Å². The fourth-order valence-electron chi connectivity index (χ4n) is 1.28. The van der Waals surface area contributed by atoms with Crippen LogP contribution in [0, 0.1) is 0 Å². The summed E-state index contributed by atoms with van der Waals surface area (Å²) in [6, 6.07) is 3.32. The number of hydrogen-bond donors (Lipinski definition) is 2. The molecule has 0 spiro atoms. The Morgan fingerprint density at radius 3 is 3.06 bits per heavy atom. The zero-order valence-electron chi connectivity index (χ0n) is 8.16. The summed E-state index contributed by atoms with van der Waals surface area (Å²) in [6.45, 7) is 0.720. The van der Waals surface area contributed by atoms with E-state index in [0.717, 1.165) is 0 Å². The van der Waals surface area contributed by atoms with Gasteiger partial charge in [0.05, 0.1) is 22.3 Å². The van der Waals surface area contributed by atoms with Gasteiger partial charge < -0.3 is 15.4 Å². The van der Waals surface area contributed by atoms with E-state index in [4.69, 9.17) is 16.3 Å². The van der Waals surface area contributed by atoms with Crippen LogP contribution in [0.2, 0.25) is 4.34 Å². The molecular formula is C9H9ClN2O3S. The Morgan fingerprint density at radius 1 is 1.69 bits per heavy atom. The molecule has 0 unspecified atom stereocenters. The van der Waals surface area contributed by atoms with Gasteiger partial charge in [0.25, 0.3) is 5.91 Å². The maximum Gasteiger partial charge on any atom is 0.407 e. The number of hydrogen-bond acceptors (Lipinski definition) is 4. The molecule has 1 fully saturated rings. The minimum atomic E-state index is -0.446. The molecule has 1 atom stereocenters. The van der Waals surface area contributed by atoms with Crippen molar-refractivity contribution in [3.8, 4) is 0 Å². The Kier molecular flexibility index (Phi) is 3.31. The van der Waals surface area contributed by atoms with Gasteiger partial charge in [-0.2, -0.15) is 0 Å². The fraction of sp³-hybridized carbons (Fsp3) is 0.333. The molecular weight excluding hydrogens is 252 g/mol. The first-order chi connectivity index (χ1) is 7.65. The van der Waals surface area contributed by atoms with Crippen molar-refractivity contribution in [3.05, 3.63) is 21.3 Å². The predicted octanol–water partition coefficient (Wildman–Crippen LogP) is 1.24. The van der Waals surface area contributed by atoms with Crippen molar-refractivity contribution in [2.45, 2.75) is 6.10 Å². The summed E-state index contributed by atoms with van der Waals surface area (Å²) in [5.41, 5.74) is 0. The normalized spacial score (nSPS) is 19.1. The lowest BCUT2D eigenvalue weighted by atomic mass is 10.3. The van der Waals surface area contributed by atoms with Gasteiger partial charge in [0.2, 0.25) is 0 Å². The summed E-state index contributed by atoms with van der Waals surface area (Å²) >= 11 is 6.92. The van der Waals surface area contributed by atoms with Crippen LogP contribution in [0.3, 0.4) is 0 Å². The van der Waals surface area contributed by atoms with Gasteiger partial charge in [-0.1, -0.05) is 11.6 Å². The summed E-state index contributed by atoms with van der Waals surface area (Å²) in [7, 11) is 0. The van der Waals surface area contributed by atoms with Gasteiger partial charge in [0, 0.05) is 0 Å². The number of carbonyl (C=O) groups excluding carboxylic acids is 2. The maximum absolute atomic E-state index is 11.6. The van der Waals surface area contributed by atoms with E-state index >= 15 is 0 Å². The minimum absolute atomic E-state index is 0.208. The molecule has 2 amide bonds. The van der Waals surface area contributed by atoms with Gasteiger partial charge >= 0.3 is 6.09 Å². The number of ether oxygens (including phenoxy) is 1. The second kappa shape index (κ2) is 4.71. The summed E-state index contributed by atoms with van der Waals surface area (Å²) < 4.78 is 5.43. The zero-order chi connectivity index (χ0) is 11.5. The molecule has 1 aliphatic rings. The van der Waals surface area contributed by atoms with Crippen LogP contribution in [0.5, 0.6) is 0 Å². The molecule has 1 aromatic heterocycles. The highest BCUT2D eigenvalue weighted by molar-refractivity contribution is 7.17. The summed E-state index contributed by atoms with van der Waals surface area (Å²) in [5.74, 6) is -0.208. The van der Waals surface area contributed by atoms with E-state index in [9.17, 15) is 9.59 Å². The highest BCUT2D eigenvalue weighted by Crippen LogP contribution is 2.21. The number of thiophene rings is 1. The second-order valence-corrected chi connectivity index (χ2v) is 4.94. The Labute approximate surface area is 101 Å². The smallest absolute Gasteiger partial charge is 0.407 e. The van der Waals surface area contributed by atoms with E-state index in [1.807, 2.05) is 0 Å². The summed E-state index contributed by atoms with van der Waals surface area (Å²) in [5, 5.41) is 5.18. The lowest BCUT2D eigenvalue weighted by Crippen LogP contribution is -2.33. The Balaban J connectivity index is 1.82. The molecule has 0 bridgehead atoms. The van der Waals surface area contributed by atoms with Gasteiger partial charge in [-0.3, -0.25) is 4.79 Å². The van der Waals surface area contributed by atoms with Gasteiger partial charge in [-0.25, -0.2) is 4.79 Å². The third-order valence-corrected chi connectivity index (χ3v) is 3.26. The maximum atomic E-state index is 11.6. The van der Waals surface area contributed by atoms with Gasteiger partial charge in [0.15, 0.2) is 0 Å². The quantitative estimate of drug-likeness (QED) is 0.859. The lowest BCUT2D eigenvalue weighted by molar-refractivity contribution is 0.0920. The van der Waals surface area contributed by atoms with Gasteiger partial charge in [0.1, 0.15) is 6.10 Å². The van der Waals surface area contributed by atoms with E-state index in [-0.39, 0.29) is 12.0 Å². The molecule has 1 saturated heterocycles. The summed E-state index contributed by atoms with van der Waals surface area (Å²) in [4.78, 5) is 22.8. The number of cyclic esters (lactones) is 1. The molecule has 0 saturated carbocycles. The molecule has 7 heteroatoms. The predicted molar refractivity (Wildman–Crippen MR) is 59.9 cm³/mol. The monoisotopic (exact) mass is 260 g/mol. The molecule has 5 nitrogen and oxygen atoms in total. The third-order valence-electron chi connectivity index (χ3n) is 2.04. The van der Waals surface area contributed by atoms with Crippen molar-refractivity contribution >= 4 is 34.9 Å². The van der Waals surface area contributed by atoms with Crippen molar-refractivity contribution < 1.29 is 14.3 Å². The van der Waals surface area contributed by atoms with Gasteiger partial charge in [-0.05, 0) is 12.1 Å². The standard InChI is InChI=1S/C9H9ClN2O3S/c10-7-2-1-6(16-7)8(13)11-3-5-4-12-9(14)15-5/h1-2,5H,3-4H2,(H,11,13)(H,12,14)/t5-/m0/s1. The Hall–Kier alpha value is -1.27. The van der Waals surface area contributed by atoms with Crippen LogP contribution < -0.4 is 10.6 Å². The molecule has 2 rings (SSSR count). The fourth-order valence-corrected chi connectivity index (χ4v) is 2.24. The highest BCUT2D eigenvalue weighted by Gasteiger charge is 2.23. The first-order valence-corrected chi connectivity index (χ1v) is 5.82. The van der Waals surface area contributed by atoms with Crippen LogP contribution in [-0.2, 0) is 4.74 Å². The lowest BCUT2D eigenvalue weighted by Gasteiger charge is -2.08. The van der Waals surface area contributed by atoms with E-state index in [0.29, 0.717) is 22.3 Å². The molecule has 0 aromatic carbocycles. The first kappa shape index (κ1) is 11.2. The van der Waals surface area contributed by atoms with E-state index in [1.165, 1.54) is 11.3 Å². The molecule has 16 heavy (non-hydrogen) atoms. The Bertz CT molecular complexity index is 421. The van der Waals surface area contributed by atoms with Crippen molar-refractivity contribution in [2.75, 3.05) is 13.1 Å².